The maximum atomic E-state index is 13.1. The van der Waals surface area contributed by atoms with Gasteiger partial charge in [0.2, 0.25) is 0 Å². The van der Waals surface area contributed by atoms with Crippen molar-refractivity contribution in [1.82, 2.24) is 0 Å². The predicted octanol–water partition coefficient (Wildman–Crippen LogP) is 6.58. The molecule has 216 valence electrons. The number of halogens is 2. The lowest BCUT2D eigenvalue weighted by Crippen LogP contribution is -2.46. The topological polar surface area (TPSA) is 150 Å². The maximum absolute atomic E-state index is 13.1. The summed E-state index contributed by atoms with van der Waals surface area (Å²) >= 11 is 11.9. The summed E-state index contributed by atoms with van der Waals surface area (Å²) in [6.45, 7) is 2.69. The Kier molecular flexibility index (Phi) is 7.12. The molecule has 2 aromatic carbocycles. The molecule has 0 bridgehead atoms. The average Bonchev–Trinajstić information content (AvgIpc) is 2.94. The van der Waals surface area contributed by atoms with E-state index < -0.39 is 32.3 Å². The number of rotatable bonds is 4. The summed E-state index contributed by atoms with van der Waals surface area (Å²) in [5.41, 5.74) is -0.916. The van der Waals surface area contributed by atoms with E-state index in [1.165, 1.54) is 24.3 Å². The molecule has 4 heterocycles. The summed E-state index contributed by atoms with van der Waals surface area (Å²) in [4.78, 5) is 23.8. The molecule has 2 saturated heterocycles. The van der Waals surface area contributed by atoms with Gasteiger partial charge >= 0.3 is 26.9 Å². The Morgan fingerprint density at radius 3 is 1.41 bits per heavy atom. The van der Waals surface area contributed by atoms with E-state index in [2.05, 4.69) is 0 Å². The van der Waals surface area contributed by atoms with Gasteiger partial charge in [0.25, 0.3) is 0 Å². The van der Waals surface area contributed by atoms with E-state index in [0.29, 0.717) is 21.9 Å². The first kappa shape index (κ1) is 28.5. The van der Waals surface area contributed by atoms with Gasteiger partial charge in [0.1, 0.15) is 32.7 Å². The Hall–Kier alpha value is -2.66. The number of hydrogen-bond acceptors (Lipinski definition) is 12. The van der Waals surface area contributed by atoms with Gasteiger partial charge < -0.3 is 17.9 Å². The minimum atomic E-state index is -4.06. The number of phosphoric ester groups is 2. The normalized spacial score (nSPS) is 26.4. The minimum Gasteiger partial charge on any atom is -0.421 e. The van der Waals surface area contributed by atoms with Gasteiger partial charge in [0.15, 0.2) is 0 Å². The highest BCUT2D eigenvalue weighted by Gasteiger charge is 2.51. The number of fused-ring (bicyclic) bond motifs is 2. The molecule has 0 atom stereocenters. The van der Waals surface area contributed by atoms with Crippen molar-refractivity contribution in [3.05, 3.63) is 78.4 Å². The Balaban J connectivity index is 1.10. The van der Waals surface area contributed by atoms with Crippen LogP contribution in [0.3, 0.4) is 0 Å². The molecular formula is C25H20Cl2O12P2. The smallest absolute Gasteiger partial charge is 0.421 e. The molecule has 2 aliphatic rings. The number of phosphoric acid groups is 2. The third-order valence-electron chi connectivity index (χ3n) is 6.69. The fourth-order valence-corrected chi connectivity index (χ4v) is 7.40. The summed E-state index contributed by atoms with van der Waals surface area (Å²) in [6, 6.07) is 8.99. The minimum absolute atomic E-state index is 0.0267. The molecule has 4 aromatic rings. The van der Waals surface area contributed by atoms with Crippen LogP contribution >= 0.6 is 38.8 Å². The lowest BCUT2D eigenvalue weighted by molar-refractivity contribution is -0.0853. The van der Waals surface area contributed by atoms with Crippen molar-refractivity contribution in [2.75, 3.05) is 26.4 Å². The standard InChI is InChI=1S/C25H20Cl2O12P2/c1-13-17-5-3-15(7-19(17)36-23(28)21(13)26)38-40(30)32-9-25(10-33-40)11-34-41(31,35-12-25)39-16-4-6-18-14(2)22(27)24(29)37-20(18)8-16/h3-8H,9-12H2,1-2H3. The van der Waals surface area contributed by atoms with Gasteiger partial charge in [-0.15, -0.1) is 0 Å². The van der Waals surface area contributed by atoms with Gasteiger partial charge in [-0.25, -0.2) is 18.7 Å². The Bertz CT molecular complexity index is 1770. The zero-order valence-corrected chi connectivity index (χ0v) is 24.6. The van der Waals surface area contributed by atoms with Crippen molar-refractivity contribution >= 4 is 60.8 Å². The molecule has 2 aliphatic heterocycles. The molecular weight excluding hydrogens is 625 g/mol. The summed E-state index contributed by atoms with van der Waals surface area (Å²) in [7, 11) is -8.13. The van der Waals surface area contributed by atoms with Crippen molar-refractivity contribution in [2.24, 2.45) is 5.41 Å². The highest BCUT2D eigenvalue weighted by Crippen LogP contribution is 2.60. The maximum Gasteiger partial charge on any atom is 0.530 e. The summed E-state index contributed by atoms with van der Waals surface area (Å²) in [5, 5.41) is 1.11. The first-order valence-corrected chi connectivity index (χ1v) is 15.7. The van der Waals surface area contributed by atoms with Crippen molar-refractivity contribution in [2.45, 2.75) is 13.8 Å². The molecule has 0 unspecified atom stereocenters. The molecule has 6 rings (SSSR count). The van der Waals surface area contributed by atoms with Crippen LogP contribution in [-0.4, -0.2) is 26.4 Å². The molecule has 2 fully saturated rings. The van der Waals surface area contributed by atoms with Crippen LogP contribution in [0.5, 0.6) is 11.5 Å². The van der Waals surface area contributed by atoms with Gasteiger partial charge in [-0.3, -0.25) is 18.1 Å². The van der Waals surface area contributed by atoms with E-state index in [1.54, 1.807) is 26.0 Å². The van der Waals surface area contributed by atoms with Crippen LogP contribution in [0.4, 0.5) is 0 Å². The van der Waals surface area contributed by atoms with Crippen molar-refractivity contribution in [3.63, 3.8) is 0 Å². The molecule has 0 saturated carbocycles. The second-order valence-corrected chi connectivity index (χ2v) is 13.6. The monoisotopic (exact) mass is 644 g/mol. The van der Waals surface area contributed by atoms with Gasteiger partial charge in [0, 0.05) is 22.9 Å². The molecule has 0 aliphatic carbocycles. The third kappa shape index (κ3) is 5.35. The predicted molar refractivity (Wildman–Crippen MR) is 147 cm³/mol. The molecule has 16 heteroatoms. The van der Waals surface area contributed by atoms with E-state index >= 15 is 0 Å². The number of aryl methyl sites for hydroxylation is 2. The van der Waals surface area contributed by atoms with E-state index in [4.69, 9.17) is 59.2 Å². The first-order valence-electron chi connectivity index (χ1n) is 12.0. The van der Waals surface area contributed by atoms with Gasteiger partial charge in [-0.2, -0.15) is 0 Å². The lowest BCUT2D eigenvalue weighted by Gasteiger charge is -2.41. The highest BCUT2D eigenvalue weighted by molar-refractivity contribution is 7.49. The largest absolute Gasteiger partial charge is 0.530 e. The van der Waals surface area contributed by atoms with Gasteiger partial charge in [-0.05, 0) is 49.2 Å². The van der Waals surface area contributed by atoms with E-state index in [1.807, 2.05) is 0 Å². The molecule has 41 heavy (non-hydrogen) atoms. The average molecular weight is 645 g/mol. The second-order valence-electron chi connectivity index (χ2n) is 9.64. The molecule has 0 radical (unpaired) electrons. The Labute approximate surface area is 241 Å². The molecule has 2 aromatic heterocycles. The van der Waals surface area contributed by atoms with Gasteiger partial charge in [0.05, 0.1) is 31.8 Å². The van der Waals surface area contributed by atoms with Crippen LogP contribution in [0.1, 0.15) is 11.1 Å². The molecule has 0 N–H and O–H groups in total. The molecule has 0 amide bonds. The van der Waals surface area contributed by atoms with E-state index in [-0.39, 0.29) is 59.1 Å². The zero-order valence-electron chi connectivity index (χ0n) is 21.3. The highest BCUT2D eigenvalue weighted by atomic mass is 35.5. The van der Waals surface area contributed by atoms with Crippen LogP contribution in [0.2, 0.25) is 10.0 Å². The summed E-state index contributed by atoms with van der Waals surface area (Å²) < 4.78 is 69.4. The summed E-state index contributed by atoms with van der Waals surface area (Å²) in [5.74, 6) is 0.166. The quantitative estimate of drug-likeness (QED) is 0.174. The fraction of sp³-hybridized carbons (Fsp3) is 0.280. The van der Waals surface area contributed by atoms with Crippen LogP contribution in [0.25, 0.3) is 21.9 Å². The molecule has 1 spiro atoms. The number of hydrogen-bond donors (Lipinski definition) is 0. The first-order chi connectivity index (χ1) is 19.4. The van der Waals surface area contributed by atoms with E-state index in [9.17, 15) is 18.7 Å². The third-order valence-corrected chi connectivity index (χ3v) is 10.2. The van der Waals surface area contributed by atoms with Crippen LogP contribution < -0.4 is 20.3 Å². The second kappa shape index (κ2) is 10.3. The zero-order chi connectivity index (χ0) is 29.2. The van der Waals surface area contributed by atoms with Crippen molar-refractivity contribution in [1.29, 1.82) is 0 Å². The Morgan fingerprint density at radius 2 is 1.05 bits per heavy atom. The summed E-state index contributed by atoms with van der Waals surface area (Å²) in [6.07, 6.45) is 0. The fourth-order valence-electron chi connectivity index (χ4n) is 4.29. The Morgan fingerprint density at radius 1 is 0.683 bits per heavy atom. The number of benzene rings is 2. The van der Waals surface area contributed by atoms with Gasteiger partial charge in [-0.1, -0.05) is 23.2 Å². The van der Waals surface area contributed by atoms with Crippen molar-refractivity contribution < 1.29 is 45.1 Å². The van der Waals surface area contributed by atoms with Crippen molar-refractivity contribution in [3.8, 4) is 11.5 Å². The van der Waals surface area contributed by atoms with Crippen LogP contribution in [0.15, 0.2) is 54.8 Å². The molecule has 12 nitrogen and oxygen atoms in total. The SMILES string of the molecule is Cc1c(Cl)c(=O)oc2cc(OP3(=O)OCC4(CO3)COP(=O)(Oc3ccc5c(C)c(Cl)c(=O)oc5c3)OC4)ccc12. The van der Waals surface area contributed by atoms with E-state index in [0.717, 1.165) is 0 Å². The lowest BCUT2D eigenvalue weighted by atomic mass is 9.93. The van der Waals surface area contributed by atoms with Crippen LogP contribution in [-0.2, 0) is 27.2 Å². The van der Waals surface area contributed by atoms with Crippen LogP contribution in [0, 0.1) is 19.3 Å².